The maximum Gasteiger partial charge on any atom is 0.144 e. The maximum absolute atomic E-state index is 8.81. The van der Waals surface area contributed by atoms with Crippen molar-refractivity contribution in [2.75, 3.05) is 7.11 Å². The van der Waals surface area contributed by atoms with Crippen LogP contribution in [-0.2, 0) is 0 Å². The van der Waals surface area contributed by atoms with Gasteiger partial charge in [0.15, 0.2) is 0 Å². The quantitative estimate of drug-likeness (QED) is 0.606. The van der Waals surface area contributed by atoms with Crippen molar-refractivity contribution in [2.24, 2.45) is 0 Å². The van der Waals surface area contributed by atoms with E-state index in [0.717, 1.165) is 21.1 Å². The number of methoxy groups -OCH3 is 1. The van der Waals surface area contributed by atoms with Crippen LogP contribution in [0.15, 0.2) is 40.8 Å². The molecule has 0 fully saturated rings. The molecule has 2 rings (SSSR count). The number of hydrogen-bond donors (Lipinski definition) is 0. The van der Waals surface area contributed by atoms with Crippen LogP contribution in [0.3, 0.4) is 0 Å². The van der Waals surface area contributed by atoms with E-state index in [1.54, 1.807) is 17.9 Å². The third kappa shape index (κ3) is 2.53. The average molecular weight is 272 g/mol. The van der Waals surface area contributed by atoms with E-state index in [2.05, 4.69) is 0 Å². The van der Waals surface area contributed by atoms with E-state index in [4.69, 9.17) is 15.3 Å². The van der Waals surface area contributed by atoms with Gasteiger partial charge in [0, 0.05) is 9.81 Å². The maximum atomic E-state index is 8.81. The summed E-state index contributed by atoms with van der Waals surface area (Å²) in [4.78, 5) is 1.76. The van der Waals surface area contributed by atoms with Crippen molar-refractivity contribution in [3.63, 3.8) is 0 Å². The summed E-state index contributed by atoms with van der Waals surface area (Å²) in [5, 5.41) is 17.6. The Bertz CT molecular complexity index is 587. The van der Waals surface area contributed by atoms with E-state index in [0.29, 0.717) is 0 Å². The Kier molecular flexibility index (Phi) is 3.99. The van der Waals surface area contributed by atoms with E-state index < -0.39 is 0 Å². The van der Waals surface area contributed by atoms with Gasteiger partial charge >= 0.3 is 0 Å². The molecule has 0 saturated carbocycles. The Balaban J connectivity index is 2.31. The number of ether oxygens (including phenoxy) is 1. The van der Waals surface area contributed by atoms with E-state index in [9.17, 15) is 0 Å². The van der Waals surface area contributed by atoms with Gasteiger partial charge in [-0.3, -0.25) is 0 Å². The molecule has 1 aromatic carbocycles. The van der Waals surface area contributed by atoms with Gasteiger partial charge in [0.1, 0.15) is 23.5 Å². The molecule has 0 amide bonds. The molecule has 1 aliphatic heterocycles. The van der Waals surface area contributed by atoms with Crippen LogP contribution in [0.4, 0.5) is 0 Å². The fraction of sp³-hybridized carbons (Fsp3) is 0.0769. The van der Waals surface area contributed by atoms with E-state index in [1.165, 1.54) is 10.8 Å². The van der Waals surface area contributed by atoms with Crippen LogP contribution in [0.5, 0.6) is 5.75 Å². The van der Waals surface area contributed by atoms with Gasteiger partial charge in [-0.25, -0.2) is 0 Å². The third-order valence-electron chi connectivity index (χ3n) is 2.33. The second-order valence-corrected chi connectivity index (χ2v) is 5.58. The van der Waals surface area contributed by atoms with Crippen LogP contribution < -0.4 is 4.74 Å². The molecule has 0 saturated heterocycles. The summed E-state index contributed by atoms with van der Waals surface area (Å²) in [5.74, 6) is 0.806. The molecule has 1 aromatic rings. The molecule has 0 radical (unpaired) electrons. The van der Waals surface area contributed by atoms with Crippen LogP contribution in [-0.4, -0.2) is 7.11 Å². The number of hydrogen-bond acceptors (Lipinski definition) is 5. The summed E-state index contributed by atoms with van der Waals surface area (Å²) in [7, 11) is 4.62. The Labute approximate surface area is 113 Å². The Morgan fingerprint density at radius 3 is 2.33 bits per heavy atom. The number of benzene rings is 1. The topological polar surface area (TPSA) is 56.8 Å². The number of nitrogens with zero attached hydrogens (tertiary/aromatic N) is 2. The summed E-state index contributed by atoms with van der Waals surface area (Å²) in [6.07, 6.45) is 1.87. The SMILES string of the molecule is COc1ccc(C2=CC(=C(C#N)C#N)SS2)cc1. The molecule has 18 heavy (non-hydrogen) atoms. The van der Waals surface area contributed by atoms with E-state index >= 15 is 0 Å². The first-order valence-corrected chi connectivity index (χ1v) is 7.18. The zero-order valence-electron chi connectivity index (χ0n) is 9.51. The molecule has 0 spiro atoms. The van der Waals surface area contributed by atoms with E-state index in [1.807, 2.05) is 42.5 Å². The summed E-state index contributed by atoms with van der Waals surface area (Å²) in [5.41, 5.74) is 1.22. The summed E-state index contributed by atoms with van der Waals surface area (Å²) in [6.45, 7) is 0. The molecule has 3 nitrogen and oxygen atoms in total. The van der Waals surface area contributed by atoms with Crippen LogP contribution >= 0.6 is 21.6 Å². The van der Waals surface area contributed by atoms with Crippen LogP contribution in [0, 0.1) is 22.7 Å². The first-order chi connectivity index (χ1) is 8.78. The van der Waals surface area contributed by atoms with Crippen LogP contribution in [0.1, 0.15) is 5.56 Å². The molecule has 0 unspecified atom stereocenters. The first kappa shape index (κ1) is 12.6. The first-order valence-electron chi connectivity index (χ1n) is 5.03. The fourth-order valence-electron chi connectivity index (χ4n) is 1.39. The van der Waals surface area contributed by atoms with Gasteiger partial charge in [0.25, 0.3) is 0 Å². The Hall–Kier alpha value is -1.82. The smallest absolute Gasteiger partial charge is 0.144 e. The molecule has 1 aliphatic rings. The lowest BCUT2D eigenvalue weighted by atomic mass is 10.2. The van der Waals surface area contributed by atoms with Gasteiger partial charge in [0.2, 0.25) is 0 Å². The lowest BCUT2D eigenvalue weighted by Gasteiger charge is -2.02. The highest BCUT2D eigenvalue weighted by atomic mass is 33.1. The highest BCUT2D eigenvalue weighted by molar-refractivity contribution is 8.82. The fourth-order valence-corrected chi connectivity index (χ4v) is 3.75. The highest BCUT2D eigenvalue weighted by Gasteiger charge is 2.16. The van der Waals surface area contributed by atoms with Crippen molar-refractivity contribution in [3.8, 4) is 17.9 Å². The minimum atomic E-state index is 0.163. The molecule has 1 heterocycles. The molecule has 0 aromatic heterocycles. The molecule has 0 atom stereocenters. The molecule has 0 aliphatic carbocycles. The standard InChI is InChI=1S/C13H8N2OS2/c1-16-11-4-2-9(3-5-11)12-6-13(18-17-12)10(7-14)8-15/h2-6H,1H3. The van der Waals surface area contributed by atoms with Crippen LogP contribution in [0.25, 0.3) is 4.91 Å². The predicted octanol–water partition coefficient (Wildman–Crippen LogP) is 3.73. The molecule has 5 heteroatoms. The van der Waals surface area contributed by atoms with Gasteiger partial charge in [-0.15, -0.1) is 0 Å². The van der Waals surface area contributed by atoms with Crippen LogP contribution in [0.2, 0.25) is 0 Å². The van der Waals surface area contributed by atoms with Crippen molar-refractivity contribution < 1.29 is 4.74 Å². The highest BCUT2D eigenvalue weighted by Crippen LogP contribution is 2.50. The van der Waals surface area contributed by atoms with Crippen molar-refractivity contribution in [1.82, 2.24) is 0 Å². The normalized spacial score (nSPS) is 13.5. The molecule has 88 valence electrons. The molecular weight excluding hydrogens is 264 g/mol. The lowest BCUT2D eigenvalue weighted by Crippen LogP contribution is -1.83. The van der Waals surface area contributed by atoms with Crippen molar-refractivity contribution in [1.29, 1.82) is 10.5 Å². The number of allylic oxidation sites excluding steroid dienone is 2. The van der Waals surface area contributed by atoms with Gasteiger partial charge < -0.3 is 4.74 Å². The zero-order chi connectivity index (χ0) is 13.0. The zero-order valence-corrected chi connectivity index (χ0v) is 11.1. The largest absolute Gasteiger partial charge is 0.497 e. The lowest BCUT2D eigenvalue weighted by molar-refractivity contribution is 0.415. The molecular formula is C13H8N2OS2. The average Bonchev–Trinajstić information content (AvgIpc) is 2.90. The van der Waals surface area contributed by atoms with Gasteiger partial charge in [-0.05, 0) is 23.8 Å². The van der Waals surface area contributed by atoms with Gasteiger partial charge in [-0.1, -0.05) is 33.7 Å². The number of nitriles is 2. The minimum absolute atomic E-state index is 0.163. The predicted molar refractivity (Wildman–Crippen MR) is 74.4 cm³/mol. The molecule has 0 N–H and O–H groups in total. The monoisotopic (exact) mass is 272 g/mol. The summed E-state index contributed by atoms with van der Waals surface area (Å²) in [6, 6.07) is 11.5. The van der Waals surface area contributed by atoms with Crippen molar-refractivity contribution in [3.05, 3.63) is 46.4 Å². The second-order valence-electron chi connectivity index (χ2n) is 3.37. The second kappa shape index (κ2) is 5.68. The summed E-state index contributed by atoms with van der Waals surface area (Å²) >= 11 is 0. The molecule has 0 bridgehead atoms. The minimum Gasteiger partial charge on any atom is -0.497 e. The van der Waals surface area contributed by atoms with Gasteiger partial charge in [-0.2, -0.15) is 10.5 Å². The summed E-state index contributed by atoms with van der Waals surface area (Å²) < 4.78 is 5.10. The Morgan fingerprint density at radius 2 is 1.78 bits per heavy atom. The van der Waals surface area contributed by atoms with Crippen molar-refractivity contribution in [2.45, 2.75) is 0 Å². The third-order valence-corrected chi connectivity index (χ3v) is 4.77. The van der Waals surface area contributed by atoms with Crippen molar-refractivity contribution >= 4 is 26.5 Å². The van der Waals surface area contributed by atoms with E-state index in [-0.39, 0.29) is 5.57 Å². The Morgan fingerprint density at radius 1 is 1.11 bits per heavy atom. The number of rotatable bonds is 2. The van der Waals surface area contributed by atoms with Gasteiger partial charge in [0.05, 0.1) is 7.11 Å².